The van der Waals surface area contributed by atoms with E-state index >= 15 is 0 Å². The molecule has 0 aromatic carbocycles. The van der Waals surface area contributed by atoms with Gasteiger partial charge in [0.1, 0.15) is 4.21 Å². The van der Waals surface area contributed by atoms with E-state index in [9.17, 15) is 8.42 Å². The minimum absolute atomic E-state index is 0.391. The predicted molar refractivity (Wildman–Crippen MR) is 45.2 cm³/mol. The molecule has 0 spiro atoms. The van der Waals surface area contributed by atoms with E-state index in [0.717, 1.165) is 0 Å². The van der Waals surface area contributed by atoms with Gasteiger partial charge in [-0.25, -0.2) is 12.7 Å². The van der Waals surface area contributed by atoms with Crippen molar-refractivity contribution in [3.05, 3.63) is 17.5 Å². The van der Waals surface area contributed by atoms with Gasteiger partial charge in [-0.1, -0.05) is 6.07 Å². The van der Waals surface area contributed by atoms with Gasteiger partial charge in [-0.3, -0.25) is 0 Å². The summed E-state index contributed by atoms with van der Waals surface area (Å²) in [5.74, 6) is 0. The highest BCUT2D eigenvalue weighted by Crippen LogP contribution is 2.18. The minimum Gasteiger partial charge on any atom is -0.206 e. The van der Waals surface area contributed by atoms with Crippen molar-refractivity contribution >= 4 is 21.4 Å². The van der Waals surface area contributed by atoms with Gasteiger partial charge in [0.05, 0.1) is 0 Å². The Labute approximate surface area is 70.3 Å². The fourth-order valence-electron chi connectivity index (χ4n) is 0.590. The van der Waals surface area contributed by atoms with Gasteiger partial charge < -0.3 is 0 Å². The maximum absolute atomic E-state index is 11.3. The van der Waals surface area contributed by atoms with Crippen molar-refractivity contribution in [1.82, 2.24) is 4.31 Å². The molecule has 0 unspecified atom stereocenters. The largest absolute Gasteiger partial charge is 0.252 e. The third-order valence-corrected chi connectivity index (χ3v) is 4.42. The lowest BCUT2D eigenvalue weighted by Gasteiger charge is -2.07. The average Bonchev–Trinajstić information content (AvgIpc) is 2.37. The van der Waals surface area contributed by atoms with Crippen LogP contribution in [0.5, 0.6) is 0 Å². The molecular formula is C6H9NO2S2. The highest BCUT2D eigenvalue weighted by molar-refractivity contribution is 7.91. The molecule has 62 valence electrons. The van der Waals surface area contributed by atoms with Gasteiger partial charge >= 0.3 is 0 Å². The van der Waals surface area contributed by atoms with Crippen LogP contribution >= 0.6 is 11.3 Å². The lowest BCUT2D eigenvalue weighted by molar-refractivity contribution is 0.523. The first-order valence-electron chi connectivity index (χ1n) is 3.01. The molecule has 0 saturated carbocycles. The van der Waals surface area contributed by atoms with Crippen LogP contribution in [-0.4, -0.2) is 26.8 Å². The van der Waals surface area contributed by atoms with Crippen molar-refractivity contribution in [2.75, 3.05) is 14.1 Å². The SMILES string of the molecule is CN(C)S(=O)(=O)c1cccs1. The van der Waals surface area contributed by atoms with Crippen LogP contribution in [0.2, 0.25) is 0 Å². The molecule has 0 bridgehead atoms. The second-order valence-corrected chi connectivity index (χ2v) is 5.55. The van der Waals surface area contributed by atoms with E-state index < -0.39 is 10.0 Å². The predicted octanol–water partition coefficient (Wildman–Crippen LogP) is 0.998. The van der Waals surface area contributed by atoms with Gasteiger partial charge in [0.25, 0.3) is 10.0 Å². The van der Waals surface area contributed by atoms with Crippen molar-refractivity contribution in [3.63, 3.8) is 0 Å². The van der Waals surface area contributed by atoms with Crippen LogP contribution in [0.4, 0.5) is 0 Å². The molecule has 0 aliphatic rings. The molecule has 1 rings (SSSR count). The fourth-order valence-corrected chi connectivity index (χ4v) is 2.75. The van der Waals surface area contributed by atoms with Gasteiger partial charge in [-0.15, -0.1) is 11.3 Å². The second-order valence-electron chi connectivity index (χ2n) is 2.22. The Morgan fingerprint density at radius 1 is 1.45 bits per heavy atom. The van der Waals surface area contributed by atoms with Crippen molar-refractivity contribution in [2.24, 2.45) is 0 Å². The maximum Gasteiger partial charge on any atom is 0.252 e. The summed E-state index contributed by atoms with van der Waals surface area (Å²) >= 11 is 1.23. The molecule has 0 N–H and O–H groups in total. The summed E-state index contributed by atoms with van der Waals surface area (Å²) in [5, 5.41) is 1.75. The molecule has 0 aliphatic carbocycles. The summed E-state index contributed by atoms with van der Waals surface area (Å²) < 4.78 is 24.3. The number of sulfonamides is 1. The van der Waals surface area contributed by atoms with Crippen LogP contribution < -0.4 is 0 Å². The van der Waals surface area contributed by atoms with Crippen LogP contribution in [0.3, 0.4) is 0 Å². The zero-order chi connectivity index (χ0) is 8.48. The molecular weight excluding hydrogens is 182 g/mol. The third kappa shape index (κ3) is 1.61. The minimum atomic E-state index is -3.18. The molecule has 0 amide bonds. The first-order chi connectivity index (χ1) is 5.05. The first kappa shape index (κ1) is 8.70. The summed E-state index contributed by atoms with van der Waals surface area (Å²) in [6.07, 6.45) is 0. The molecule has 11 heavy (non-hydrogen) atoms. The molecule has 1 aromatic heterocycles. The summed E-state index contributed by atoms with van der Waals surface area (Å²) in [6.45, 7) is 0. The summed E-state index contributed by atoms with van der Waals surface area (Å²) in [4.78, 5) is 0. The summed E-state index contributed by atoms with van der Waals surface area (Å²) in [6, 6.07) is 3.32. The number of nitrogens with zero attached hydrogens (tertiary/aromatic N) is 1. The Bertz CT molecular complexity index is 312. The van der Waals surface area contributed by atoms with E-state index in [2.05, 4.69) is 0 Å². The topological polar surface area (TPSA) is 37.4 Å². The highest BCUT2D eigenvalue weighted by Gasteiger charge is 2.17. The van der Waals surface area contributed by atoms with Gasteiger partial charge in [0, 0.05) is 14.1 Å². The lowest BCUT2D eigenvalue weighted by atomic mass is 10.7. The van der Waals surface area contributed by atoms with Crippen molar-refractivity contribution < 1.29 is 8.42 Å². The molecule has 0 radical (unpaired) electrons. The van der Waals surface area contributed by atoms with E-state index in [-0.39, 0.29) is 0 Å². The van der Waals surface area contributed by atoms with Crippen LogP contribution in [-0.2, 0) is 10.0 Å². The van der Waals surface area contributed by atoms with Crippen LogP contribution in [0.15, 0.2) is 21.7 Å². The highest BCUT2D eigenvalue weighted by atomic mass is 32.2. The molecule has 0 atom stereocenters. The molecule has 0 fully saturated rings. The Balaban J connectivity index is 3.12. The lowest BCUT2D eigenvalue weighted by Crippen LogP contribution is -2.21. The maximum atomic E-state index is 11.3. The Hall–Kier alpha value is -0.390. The summed E-state index contributed by atoms with van der Waals surface area (Å²) in [7, 11) is -0.136. The second kappa shape index (κ2) is 2.92. The molecule has 0 aliphatic heterocycles. The van der Waals surface area contributed by atoms with Crippen LogP contribution in [0.25, 0.3) is 0 Å². The monoisotopic (exact) mass is 191 g/mol. The van der Waals surface area contributed by atoms with Gasteiger partial charge in [0.15, 0.2) is 0 Å². The number of thiophene rings is 1. The van der Waals surface area contributed by atoms with E-state index in [0.29, 0.717) is 4.21 Å². The molecule has 3 nitrogen and oxygen atoms in total. The molecule has 0 saturated heterocycles. The number of hydrogen-bond donors (Lipinski definition) is 0. The Morgan fingerprint density at radius 2 is 2.09 bits per heavy atom. The number of hydrogen-bond acceptors (Lipinski definition) is 3. The van der Waals surface area contributed by atoms with E-state index in [4.69, 9.17) is 0 Å². The van der Waals surface area contributed by atoms with Crippen molar-refractivity contribution in [1.29, 1.82) is 0 Å². The molecule has 5 heteroatoms. The van der Waals surface area contributed by atoms with Gasteiger partial charge in [0.2, 0.25) is 0 Å². The smallest absolute Gasteiger partial charge is 0.206 e. The normalized spacial score (nSPS) is 12.3. The van der Waals surface area contributed by atoms with Gasteiger partial charge in [-0.05, 0) is 11.4 Å². The number of rotatable bonds is 2. The average molecular weight is 191 g/mol. The molecule has 1 heterocycles. The van der Waals surface area contributed by atoms with E-state index in [1.165, 1.54) is 29.7 Å². The third-order valence-electron chi connectivity index (χ3n) is 1.23. The first-order valence-corrected chi connectivity index (χ1v) is 5.33. The van der Waals surface area contributed by atoms with Crippen molar-refractivity contribution in [3.8, 4) is 0 Å². The fraction of sp³-hybridized carbons (Fsp3) is 0.333. The Morgan fingerprint density at radius 3 is 2.45 bits per heavy atom. The van der Waals surface area contributed by atoms with Gasteiger partial charge in [-0.2, -0.15) is 0 Å². The standard InChI is InChI=1S/C6H9NO2S2/c1-7(2)11(8,9)6-4-3-5-10-6/h3-5H,1-2H3. The molecule has 1 aromatic rings. The Kier molecular flexibility index (Phi) is 2.31. The van der Waals surface area contributed by atoms with Crippen molar-refractivity contribution in [2.45, 2.75) is 4.21 Å². The van der Waals surface area contributed by atoms with E-state index in [1.807, 2.05) is 0 Å². The summed E-state index contributed by atoms with van der Waals surface area (Å²) in [5.41, 5.74) is 0. The zero-order valence-electron chi connectivity index (χ0n) is 6.31. The van der Waals surface area contributed by atoms with Crippen LogP contribution in [0.1, 0.15) is 0 Å². The van der Waals surface area contributed by atoms with Crippen LogP contribution in [0, 0.1) is 0 Å². The zero-order valence-corrected chi connectivity index (χ0v) is 7.95. The quantitative estimate of drug-likeness (QED) is 0.699. The van der Waals surface area contributed by atoms with E-state index in [1.54, 1.807) is 17.5 Å².